The number of Topliss-reactive ketones (excluding diaryl/α,β-unsaturated/α-hetero) is 1. The average Bonchev–Trinajstić information content (AvgIpc) is 3.10. The lowest BCUT2D eigenvalue weighted by Gasteiger charge is -2.26. The minimum atomic E-state index is -0.856. The largest absolute Gasteiger partial charge is 0.507 e. The van der Waals surface area contributed by atoms with Gasteiger partial charge in [0.15, 0.2) is 11.5 Å². The highest BCUT2D eigenvalue weighted by Gasteiger charge is 2.47. The summed E-state index contributed by atoms with van der Waals surface area (Å²) in [6, 6.07) is 14.9. The summed E-state index contributed by atoms with van der Waals surface area (Å²) in [5.41, 5.74) is 2.50. The van der Waals surface area contributed by atoms with E-state index in [0.29, 0.717) is 34.9 Å². The molecule has 1 N–H and O–H groups in total. The van der Waals surface area contributed by atoms with E-state index in [1.807, 2.05) is 32.0 Å². The molecule has 2 heterocycles. The van der Waals surface area contributed by atoms with Gasteiger partial charge in [-0.25, -0.2) is 0 Å². The summed E-state index contributed by atoms with van der Waals surface area (Å²) in [4.78, 5) is 31.8. The van der Waals surface area contributed by atoms with Crippen LogP contribution in [0.3, 0.4) is 0 Å². The number of carbonyl (C=O) groups excluding carboxylic acids is 2. The number of aliphatic hydroxyl groups is 1. The van der Waals surface area contributed by atoms with E-state index in [9.17, 15) is 14.7 Å². The highest BCUT2D eigenvalue weighted by molar-refractivity contribution is 6.51. The minimum Gasteiger partial charge on any atom is -0.507 e. The van der Waals surface area contributed by atoms with Crippen molar-refractivity contribution in [1.29, 1.82) is 0 Å². The second-order valence-corrected chi connectivity index (χ2v) is 7.59. The second-order valence-electron chi connectivity index (χ2n) is 7.59. The number of aryl methyl sites for hydroxylation is 1. The lowest BCUT2D eigenvalue weighted by atomic mass is 9.95. The minimum absolute atomic E-state index is 0.000298. The molecule has 0 bridgehead atoms. The molecule has 0 spiro atoms. The van der Waals surface area contributed by atoms with Gasteiger partial charge < -0.3 is 14.6 Å². The molecule has 2 aromatic carbocycles. The molecule has 1 amide bonds. The number of carbonyl (C=O) groups is 2. The van der Waals surface area contributed by atoms with Crippen LogP contribution in [0.15, 0.2) is 72.6 Å². The molecule has 0 saturated carbocycles. The van der Waals surface area contributed by atoms with Crippen molar-refractivity contribution in [2.75, 3.05) is 18.6 Å². The Balaban J connectivity index is 1.96. The molecule has 3 aromatic rings. The molecule has 1 aliphatic rings. The van der Waals surface area contributed by atoms with Gasteiger partial charge in [0.2, 0.25) is 0 Å². The van der Waals surface area contributed by atoms with Gasteiger partial charge in [-0.05, 0) is 61.4 Å². The van der Waals surface area contributed by atoms with E-state index >= 15 is 0 Å². The van der Waals surface area contributed by atoms with E-state index in [1.54, 1.807) is 43.5 Å². The molecule has 0 radical (unpaired) electrons. The number of aliphatic hydroxyl groups excluding tert-OH is 1. The van der Waals surface area contributed by atoms with E-state index in [2.05, 4.69) is 4.98 Å². The van der Waals surface area contributed by atoms with E-state index in [4.69, 9.17) is 9.47 Å². The standard InChI is InChI=1S/C26H24N2O5/c1-4-33-21-15-18(8-9-20(21)32-3)23-22(24(29)17-10-12-27-13-11-17)25(30)26(31)28(23)19-7-5-6-16(2)14-19/h5-15,23,29H,4H2,1-3H3/b24-22-. The van der Waals surface area contributed by atoms with Crippen molar-refractivity contribution in [3.05, 3.63) is 89.3 Å². The van der Waals surface area contributed by atoms with Crippen LogP contribution >= 0.6 is 0 Å². The number of hydrogen-bond donors (Lipinski definition) is 1. The predicted molar refractivity (Wildman–Crippen MR) is 124 cm³/mol. The number of benzene rings is 2. The molecule has 1 aromatic heterocycles. The van der Waals surface area contributed by atoms with Gasteiger partial charge in [0, 0.05) is 23.6 Å². The zero-order chi connectivity index (χ0) is 23.5. The summed E-state index contributed by atoms with van der Waals surface area (Å²) in [6.07, 6.45) is 3.03. The van der Waals surface area contributed by atoms with Gasteiger partial charge in [0.05, 0.1) is 25.3 Å². The Morgan fingerprint density at radius 2 is 1.82 bits per heavy atom. The normalized spacial score (nSPS) is 17.3. The van der Waals surface area contributed by atoms with Crippen LogP contribution in [0.1, 0.15) is 29.7 Å². The number of aromatic nitrogens is 1. The molecule has 33 heavy (non-hydrogen) atoms. The zero-order valence-corrected chi connectivity index (χ0v) is 18.6. The Morgan fingerprint density at radius 3 is 2.48 bits per heavy atom. The number of ketones is 1. The van der Waals surface area contributed by atoms with Crippen molar-refractivity contribution >= 4 is 23.1 Å². The van der Waals surface area contributed by atoms with Gasteiger partial charge in [0.25, 0.3) is 11.7 Å². The zero-order valence-electron chi connectivity index (χ0n) is 18.6. The first kappa shape index (κ1) is 22.1. The molecule has 7 nitrogen and oxygen atoms in total. The first-order valence-corrected chi connectivity index (χ1v) is 10.5. The highest BCUT2D eigenvalue weighted by atomic mass is 16.5. The maximum atomic E-state index is 13.2. The highest BCUT2D eigenvalue weighted by Crippen LogP contribution is 2.44. The first-order valence-electron chi connectivity index (χ1n) is 10.5. The maximum absolute atomic E-state index is 13.2. The van der Waals surface area contributed by atoms with Crippen LogP contribution in [0, 0.1) is 6.92 Å². The number of ether oxygens (including phenoxy) is 2. The maximum Gasteiger partial charge on any atom is 0.300 e. The molecular formula is C26H24N2O5. The van der Waals surface area contributed by atoms with Crippen molar-refractivity contribution in [1.82, 2.24) is 4.98 Å². The van der Waals surface area contributed by atoms with Crippen LogP contribution in [-0.4, -0.2) is 35.5 Å². The van der Waals surface area contributed by atoms with Crippen LogP contribution in [0.5, 0.6) is 11.5 Å². The van der Waals surface area contributed by atoms with Crippen molar-refractivity contribution < 1.29 is 24.2 Å². The van der Waals surface area contributed by atoms with Crippen LogP contribution in [0.2, 0.25) is 0 Å². The van der Waals surface area contributed by atoms with E-state index in [0.717, 1.165) is 5.56 Å². The Kier molecular flexibility index (Phi) is 6.13. The van der Waals surface area contributed by atoms with Crippen molar-refractivity contribution in [3.8, 4) is 11.5 Å². The lowest BCUT2D eigenvalue weighted by Crippen LogP contribution is -2.29. The monoisotopic (exact) mass is 444 g/mol. The summed E-state index contributed by atoms with van der Waals surface area (Å²) >= 11 is 0. The molecule has 1 unspecified atom stereocenters. The number of nitrogens with zero attached hydrogens (tertiary/aromatic N) is 2. The average molecular weight is 444 g/mol. The topological polar surface area (TPSA) is 89.0 Å². The Hall–Kier alpha value is -4.13. The second kappa shape index (κ2) is 9.16. The third-order valence-electron chi connectivity index (χ3n) is 5.48. The van der Waals surface area contributed by atoms with Gasteiger partial charge in [0.1, 0.15) is 5.76 Å². The van der Waals surface area contributed by atoms with Gasteiger partial charge >= 0.3 is 0 Å². The fourth-order valence-electron chi connectivity index (χ4n) is 3.99. The Labute approximate surface area is 191 Å². The first-order chi connectivity index (χ1) is 16.0. The molecular weight excluding hydrogens is 420 g/mol. The van der Waals surface area contributed by atoms with Gasteiger partial charge in [-0.2, -0.15) is 0 Å². The number of rotatable bonds is 6. The van der Waals surface area contributed by atoms with Crippen molar-refractivity contribution in [2.45, 2.75) is 19.9 Å². The number of pyridine rings is 1. The quantitative estimate of drug-likeness (QED) is 0.344. The number of amides is 1. The molecule has 1 atom stereocenters. The van der Waals surface area contributed by atoms with E-state index < -0.39 is 17.7 Å². The van der Waals surface area contributed by atoms with E-state index in [1.165, 1.54) is 17.3 Å². The summed E-state index contributed by atoms with van der Waals surface area (Å²) in [5.74, 6) is -0.720. The summed E-state index contributed by atoms with van der Waals surface area (Å²) in [7, 11) is 1.54. The van der Waals surface area contributed by atoms with Crippen LogP contribution in [0.25, 0.3) is 5.76 Å². The molecule has 1 aliphatic heterocycles. The lowest BCUT2D eigenvalue weighted by molar-refractivity contribution is -0.132. The molecule has 7 heteroatoms. The Bertz CT molecular complexity index is 1240. The SMILES string of the molecule is CCOc1cc(C2/C(=C(/O)c3ccncc3)C(=O)C(=O)N2c2cccc(C)c2)ccc1OC. The van der Waals surface area contributed by atoms with Crippen molar-refractivity contribution in [2.24, 2.45) is 0 Å². The number of methoxy groups -OCH3 is 1. The third-order valence-corrected chi connectivity index (χ3v) is 5.48. The molecule has 1 fully saturated rings. The van der Waals surface area contributed by atoms with Crippen molar-refractivity contribution in [3.63, 3.8) is 0 Å². The third kappa shape index (κ3) is 4.05. The number of hydrogen-bond acceptors (Lipinski definition) is 6. The summed E-state index contributed by atoms with van der Waals surface area (Å²) in [5, 5.41) is 11.1. The molecule has 1 saturated heterocycles. The van der Waals surface area contributed by atoms with Gasteiger partial charge in [-0.3, -0.25) is 19.5 Å². The Morgan fingerprint density at radius 1 is 1.06 bits per heavy atom. The molecule has 168 valence electrons. The van der Waals surface area contributed by atoms with Crippen LogP contribution in [-0.2, 0) is 9.59 Å². The van der Waals surface area contributed by atoms with Gasteiger partial charge in [-0.15, -0.1) is 0 Å². The molecule has 4 rings (SSSR count). The predicted octanol–water partition coefficient (Wildman–Crippen LogP) is 4.42. The summed E-state index contributed by atoms with van der Waals surface area (Å²) < 4.78 is 11.1. The van der Waals surface area contributed by atoms with Crippen LogP contribution in [0.4, 0.5) is 5.69 Å². The number of anilines is 1. The van der Waals surface area contributed by atoms with E-state index in [-0.39, 0.29) is 11.3 Å². The van der Waals surface area contributed by atoms with Crippen LogP contribution < -0.4 is 14.4 Å². The fraction of sp³-hybridized carbons (Fsp3) is 0.192. The fourth-order valence-corrected chi connectivity index (χ4v) is 3.99. The molecule has 0 aliphatic carbocycles. The summed E-state index contributed by atoms with van der Waals surface area (Å²) in [6.45, 7) is 4.18. The van der Waals surface area contributed by atoms with Gasteiger partial charge in [-0.1, -0.05) is 18.2 Å². The smallest absolute Gasteiger partial charge is 0.300 e.